The smallest absolute Gasteiger partial charge is 0.370 e. The number of anilines is 1. The van der Waals surface area contributed by atoms with Crippen LogP contribution in [0.2, 0.25) is 0 Å². The molecule has 1 aromatic heterocycles. The van der Waals surface area contributed by atoms with Crippen molar-refractivity contribution < 1.29 is 13.2 Å². The summed E-state index contributed by atoms with van der Waals surface area (Å²) in [5, 5.41) is 2.91. The van der Waals surface area contributed by atoms with Crippen molar-refractivity contribution in [3.63, 3.8) is 0 Å². The number of nitrogens with one attached hydrogen (secondary N) is 1. The summed E-state index contributed by atoms with van der Waals surface area (Å²) in [4.78, 5) is 3.53. The van der Waals surface area contributed by atoms with Crippen molar-refractivity contribution in [2.24, 2.45) is 11.7 Å². The van der Waals surface area contributed by atoms with Crippen LogP contribution in [0.4, 0.5) is 19.0 Å². The van der Waals surface area contributed by atoms with Crippen LogP contribution in [-0.2, 0) is 6.18 Å². The van der Waals surface area contributed by atoms with Crippen LogP contribution in [-0.4, -0.2) is 17.6 Å². The van der Waals surface area contributed by atoms with Gasteiger partial charge in [-0.15, -0.1) is 0 Å². The Kier molecular flexibility index (Phi) is 3.24. The quantitative estimate of drug-likeness (QED) is 0.858. The van der Waals surface area contributed by atoms with E-state index in [9.17, 15) is 13.2 Å². The molecule has 0 aromatic carbocycles. The Morgan fingerprint density at radius 1 is 1.35 bits per heavy atom. The van der Waals surface area contributed by atoms with E-state index >= 15 is 0 Å². The van der Waals surface area contributed by atoms with Gasteiger partial charge in [-0.1, -0.05) is 6.07 Å². The van der Waals surface area contributed by atoms with Gasteiger partial charge in [0.1, 0.15) is 11.5 Å². The number of alkyl halides is 3. The fourth-order valence-corrected chi connectivity index (χ4v) is 1.89. The monoisotopic (exact) mass is 245 g/mol. The molecule has 3 nitrogen and oxygen atoms in total. The highest BCUT2D eigenvalue weighted by Gasteiger charge is 2.32. The maximum atomic E-state index is 12.4. The van der Waals surface area contributed by atoms with Crippen LogP contribution in [0.5, 0.6) is 0 Å². The molecule has 0 saturated heterocycles. The van der Waals surface area contributed by atoms with Crippen LogP contribution in [0.1, 0.15) is 18.5 Å². The molecule has 0 spiro atoms. The maximum Gasteiger partial charge on any atom is 0.433 e. The first kappa shape index (κ1) is 12.2. The number of rotatable bonds is 3. The molecule has 0 unspecified atom stereocenters. The highest BCUT2D eigenvalue weighted by Crippen LogP contribution is 2.29. The largest absolute Gasteiger partial charge is 0.433 e. The number of halogens is 3. The Morgan fingerprint density at radius 3 is 2.65 bits per heavy atom. The van der Waals surface area contributed by atoms with E-state index in [1.807, 2.05) is 0 Å². The molecule has 0 radical (unpaired) electrons. The molecule has 6 heteroatoms. The van der Waals surface area contributed by atoms with Crippen LogP contribution in [0.25, 0.3) is 0 Å². The highest BCUT2D eigenvalue weighted by molar-refractivity contribution is 5.36. The molecular formula is C11H14F3N3. The lowest BCUT2D eigenvalue weighted by Gasteiger charge is -2.32. The number of nitrogens with two attached hydrogens (primary N) is 1. The van der Waals surface area contributed by atoms with Crippen LogP contribution >= 0.6 is 0 Å². The zero-order valence-corrected chi connectivity index (χ0v) is 9.17. The molecule has 17 heavy (non-hydrogen) atoms. The van der Waals surface area contributed by atoms with Crippen molar-refractivity contribution in [3.8, 4) is 0 Å². The Hall–Kier alpha value is -1.30. The number of hydrogen-bond donors (Lipinski definition) is 2. The summed E-state index contributed by atoms with van der Waals surface area (Å²) in [6, 6.07) is 4.10. The predicted octanol–water partition coefficient (Wildman–Crippen LogP) is 2.25. The van der Waals surface area contributed by atoms with E-state index in [0.717, 1.165) is 18.9 Å². The minimum absolute atomic E-state index is 0.247. The van der Waals surface area contributed by atoms with Crippen LogP contribution in [0, 0.1) is 5.92 Å². The van der Waals surface area contributed by atoms with Gasteiger partial charge < -0.3 is 11.1 Å². The van der Waals surface area contributed by atoms with Gasteiger partial charge in [0.25, 0.3) is 0 Å². The summed E-state index contributed by atoms with van der Waals surface area (Å²) in [5.41, 5.74) is 4.76. The van der Waals surface area contributed by atoms with Crippen LogP contribution < -0.4 is 11.1 Å². The van der Waals surface area contributed by atoms with Gasteiger partial charge in [0.2, 0.25) is 0 Å². The van der Waals surface area contributed by atoms with Gasteiger partial charge in [0.15, 0.2) is 0 Å². The molecule has 0 amide bonds. The number of pyridine rings is 1. The third-order valence-electron chi connectivity index (χ3n) is 2.88. The van der Waals surface area contributed by atoms with Gasteiger partial charge in [-0.3, -0.25) is 0 Å². The zero-order valence-electron chi connectivity index (χ0n) is 9.17. The first-order valence-corrected chi connectivity index (χ1v) is 5.49. The molecule has 1 aliphatic rings. The zero-order chi connectivity index (χ0) is 12.5. The molecule has 1 saturated carbocycles. The molecule has 1 aliphatic carbocycles. The minimum atomic E-state index is -4.39. The summed E-state index contributed by atoms with van der Waals surface area (Å²) >= 11 is 0. The van der Waals surface area contributed by atoms with E-state index in [4.69, 9.17) is 5.73 Å². The van der Waals surface area contributed by atoms with E-state index in [1.165, 1.54) is 12.1 Å². The molecule has 0 atom stereocenters. The van der Waals surface area contributed by atoms with Gasteiger partial charge in [-0.05, 0) is 30.9 Å². The summed E-state index contributed by atoms with van der Waals surface area (Å²) in [6.07, 6.45) is -2.55. The average Bonchev–Trinajstić information content (AvgIpc) is 2.22. The van der Waals surface area contributed by atoms with E-state index < -0.39 is 11.9 Å². The Balaban J connectivity index is 1.92. The maximum absolute atomic E-state index is 12.4. The topological polar surface area (TPSA) is 50.9 Å². The van der Waals surface area contributed by atoms with Gasteiger partial charge >= 0.3 is 6.18 Å². The third-order valence-corrected chi connectivity index (χ3v) is 2.88. The van der Waals surface area contributed by atoms with E-state index in [2.05, 4.69) is 10.3 Å². The van der Waals surface area contributed by atoms with Crippen molar-refractivity contribution in [2.45, 2.75) is 25.1 Å². The van der Waals surface area contributed by atoms with Crippen molar-refractivity contribution in [1.29, 1.82) is 0 Å². The summed E-state index contributed by atoms with van der Waals surface area (Å²) in [7, 11) is 0. The van der Waals surface area contributed by atoms with Crippen molar-refractivity contribution >= 4 is 5.82 Å². The first-order valence-electron chi connectivity index (χ1n) is 5.49. The van der Waals surface area contributed by atoms with E-state index in [1.54, 1.807) is 0 Å². The lowest BCUT2D eigenvalue weighted by atomic mass is 9.81. The molecule has 0 aliphatic heterocycles. The average molecular weight is 245 g/mol. The molecule has 94 valence electrons. The second-order valence-corrected chi connectivity index (χ2v) is 4.38. The molecule has 1 heterocycles. The van der Waals surface area contributed by atoms with Crippen molar-refractivity contribution in [1.82, 2.24) is 4.98 Å². The molecular weight excluding hydrogens is 231 g/mol. The predicted molar refractivity (Wildman–Crippen MR) is 58.4 cm³/mol. The Morgan fingerprint density at radius 2 is 2.06 bits per heavy atom. The van der Waals surface area contributed by atoms with Crippen LogP contribution in [0.15, 0.2) is 18.2 Å². The van der Waals surface area contributed by atoms with Crippen molar-refractivity contribution in [2.75, 3.05) is 11.9 Å². The fourth-order valence-electron chi connectivity index (χ4n) is 1.89. The molecule has 0 bridgehead atoms. The number of nitrogens with zero attached hydrogens (tertiary/aromatic N) is 1. The van der Waals surface area contributed by atoms with Gasteiger partial charge in [-0.25, -0.2) is 4.98 Å². The SMILES string of the molecule is NC1CC(CNc2cccc(C(F)(F)F)n2)C1. The second-order valence-electron chi connectivity index (χ2n) is 4.38. The number of aromatic nitrogens is 1. The van der Waals surface area contributed by atoms with Gasteiger partial charge in [0, 0.05) is 12.6 Å². The second kappa shape index (κ2) is 4.52. The first-order chi connectivity index (χ1) is 7.95. The molecule has 1 fully saturated rings. The minimum Gasteiger partial charge on any atom is -0.370 e. The lowest BCUT2D eigenvalue weighted by Crippen LogP contribution is -2.39. The Labute approximate surface area is 97.2 Å². The van der Waals surface area contributed by atoms with Gasteiger partial charge in [0.05, 0.1) is 0 Å². The van der Waals surface area contributed by atoms with Crippen molar-refractivity contribution in [3.05, 3.63) is 23.9 Å². The summed E-state index contributed by atoms with van der Waals surface area (Å²) < 4.78 is 37.2. The summed E-state index contributed by atoms with van der Waals surface area (Å²) in [5.74, 6) is 0.710. The highest BCUT2D eigenvalue weighted by atomic mass is 19.4. The number of hydrogen-bond acceptors (Lipinski definition) is 3. The van der Waals surface area contributed by atoms with Gasteiger partial charge in [-0.2, -0.15) is 13.2 Å². The van der Waals surface area contributed by atoms with E-state index in [0.29, 0.717) is 12.5 Å². The lowest BCUT2D eigenvalue weighted by molar-refractivity contribution is -0.141. The molecule has 1 aromatic rings. The Bertz CT molecular complexity index is 386. The molecule has 2 rings (SSSR count). The van der Waals surface area contributed by atoms with Crippen LogP contribution in [0.3, 0.4) is 0 Å². The molecule has 3 N–H and O–H groups in total. The normalized spacial score (nSPS) is 24.2. The van der Waals surface area contributed by atoms with E-state index in [-0.39, 0.29) is 11.9 Å². The third kappa shape index (κ3) is 3.09. The summed E-state index contributed by atoms with van der Waals surface area (Å²) in [6.45, 7) is 0.627. The fraction of sp³-hybridized carbons (Fsp3) is 0.545. The standard InChI is InChI=1S/C11H14F3N3/c12-11(13,14)9-2-1-3-10(17-9)16-6-7-4-8(15)5-7/h1-3,7-8H,4-6,15H2,(H,16,17).